The van der Waals surface area contributed by atoms with Crippen LogP contribution in [0.5, 0.6) is 0 Å². The van der Waals surface area contributed by atoms with Gasteiger partial charge in [0.2, 0.25) is 0 Å². The van der Waals surface area contributed by atoms with Gasteiger partial charge < -0.3 is 4.74 Å². The van der Waals surface area contributed by atoms with Crippen molar-refractivity contribution in [2.24, 2.45) is 0 Å². The van der Waals surface area contributed by atoms with Crippen LogP contribution in [0.15, 0.2) is 24.3 Å². The predicted molar refractivity (Wildman–Crippen MR) is 57.1 cm³/mol. The van der Waals surface area contributed by atoms with Crippen LogP contribution in [0.2, 0.25) is 0 Å². The molecular formula is C12H17NO. The number of aryl methyl sites for hydroxylation is 1. The molecule has 0 aliphatic carbocycles. The summed E-state index contributed by atoms with van der Waals surface area (Å²) in [5, 5.41) is 3.40. The maximum absolute atomic E-state index is 5.88. The Balaban J connectivity index is 2.30. The summed E-state index contributed by atoms with van der Waals surface area (Å²) < 4.78 is 5.88. The summed E-state index contributed by atoms with van der Waals surface area (Å²) in [6.45, 7) is 7.20. The number of rotatable bonds is 1. The van der Waals surface area contributed by atoms with Crippen molar-refractivity contribution in [1.29, 1.82) is 0 Å². The lowest BCUT2D eigenvalue weighted by Crippen LogP contribution is -2.34. The molecule has 0 bridgehead atoms. The van der Waals surface area contributed by atoms with Gasteiger partial charge in [-0.25, -0.2) is 0 Å². The number of hydrogen-bond acceptors (Lipinski definition) is 2. The normalized spacial score (nSPS) is 32.1. The third-order valence-corrected chi connectivity index (χ3v) is 2.73. The van der Waals surface area contributed by atoms with E-state index in [0.717, 1.165) is 6.54 Å². The molecule has 2 rings (SSSR count). The molecule has 1 fully saturated rings. The highest BCUT2D eigenvalue weighted by Crippen LogP contribution is 2.28. The van der Waals surface area contributed by atoms with Crippen LogP contribution in [0.4, 0.5) is 0 Å². The molecular weight excluding hydrogens is 174 g/mol. The fourth-order valence-corrected chi connectivity index (χ4v) is 1.94. The summed E-state index contributed by atoms with van der Waals surface area (Å²) in [7, 11) is 0. The van der Waals surface area contributed by atoms with Crippen molar-refractivity contribution in [2.45, 2.75) is 32.6 Å². The van der Waals surface area contributed by atoms with E-state index in [-0.39, 0.29) is 5.72 Å². The predicted octanol–water partition coefficient (Wildman–Crippen LogP) is 2.18. The van der Waals surface area contributed by atoms with Crippen LogP contribution in [0.25, 0.3) is 0 Å². The first-order valence-corrected chi connectivity index (χ1v) is 5.10. The van der Waals surface area contributed by atoms with E-state index < -0.39 is 0 Å². The lowest BCUT2D eigenvalue weighted by atomic mass is 10.0. The Morgan fingerprint density at radius 3 is 2.86 bits per heavy atom. The Morgan fingerprint density at radius 1 is 1.50 bits per heavy atom. The average molecular weight is 191 g/mol. The van der Waals surface area contributed by atoms with E-state index in [2.05, 4.69) is 50.4 Å². The van der Waals surface area contributed by atoms with Crippen molar-refractivity contribution >= 4 is 0 Å². The molecule has 2 unspecified atom stereocenters. The van der Waals surface area contributed by atoms with Crippen molar-refractivity contribution in [3.8, 4) is 0 Å². The molecule has 0 aromatic heterocycles. The van der Waals surface area contributed by atoms with Gasteiger partial charge in [-0.15, -0.1) is 0 Å². The van der Waals surface area contributed by atoms with Gasteiger partial charge >= 0.3 is 0 Å². The summed E-state index contributed by atoms with van der Waals surface area (Å²) in [4.78, 5) is 0. The highest BCUT2D eigenvalue weighted by molar-refractivity contribution is 5.27. The van der Waals surface area contributed by atoms with E-state index in [1.807, 2.05) is 0 Å². The molecule has 1 aliphatic heterocycles. The summed E-state index contributed by atoms with van der Waals surface area (Å²) in [5.74, 6) is 0. The van der Waals surface area contributed by atoms with Gasteiger partial charge in [0.15, 0.2) is 0 Å². The van der Waals surface area contributed by atoms with Crippen molar-refractivity contribution in [1.82, 2.24) is 5.32 Å². The molecule has 1 heterocycles. The van der Waals surface area contributed by atoms with Crippen LogP contribution in [0.1, 0.15) is 25.0 Å². The van der Waals surface area contributed by atoms with E-state index in [1.54, 1.807) is 0 Å². The van der Waals surface area contributed by atoms with Crippen LogP contribution in [-0.2, 0) is 10.5 Å². The second-order valence-corrected chi connectivity index (χ2v) is 4.21. The Kier molecular flexibility index (Phi) is 2.33. The minimum atomic E-state index is -0.300. The van der Waals surface area contributed by atoms with Gasteiger partial charge in [-0.2, -0.15) is 0 Å². The maximum Gasteiger partial charge on any atom is 0.142 e. The molecule has 1 N–H and O–H groups in total. The molecule has 2 atom stereocenters. The highest BCUT2D eigenvalue weighted by Gasteiger charge is 2.34. The van der Waals surface area contributed by atoms with Gasteiger partial charge in [-0.1, -0.05) is 29.8 Å². The minimum Gasteiger partial charge on any atom is -0.352 e. The standard InChI is InChI=1S/C12H17NO/c1-9-5-4-6-11(7-9)12(3)13-8-10(2)14-12/h4-7,10,13H,8H2,1-3H3. The molecule has 1 aromatic rings. The third-order valence-electron chi connectivity index (χ3n) is 2.73. The molecule has 0 amide bonds. The smallest absolute Gasteiger partial charge is 0.142 e. The van der Waals surface area contributed by atoms with Gasteiger partial charge in [0.1, 0.15) is 5.72 Å². The first kappa shape index (κ1) is 9.69. The van der Waals surface area contributed by atoms with Crippen LogP contribution < -0.4 is 5.32 Å². The molecule has 1 aliphatic rings. The van der Waals surface area contributed by atoms with E-state index >= 15 is 0 Å². The fraction of sp³-hybridized carbons (Fsp3) is 0.500. The average Bonchev–Trinajstić information content (AvgIpc) is 2.48. The second-order valence-electron chi connectivity index (χ2n) is 4.21. The zero-order valence-electron chi connectivity index (χ0n) is 9.00. The van der Waals surface area contributed by atoms with Gasteiger partial charge in [-0.05, 0) is 26.3 Å². The zero-order chi connectivity index (χ0) is 10.2. The Morgan fingerprint density at radius 2 is 2.29 bits per heavy atom. The SMILES string of the molecule is Cc1cccc(C2(C)NCC(C)O2)c1. The largest absolute Gasteiger partial charge is 0.352 e. The summed E-state index contributed by atoms with van der Waals surface area (Å²) in [6.07, 6.45) is 0.292. The second kappa shape index (κ2) is 3.37. The van der Waals surface area contributed by atoms with E-state index in [9.17, 15) is 0 Å². The van der Waals surface area contributed by atoms with Crippen LogP contribution >= 0.6 is 0 Å². The molecule has 0 spiro atoms. The fourth-order valence-electron chi connectivity index (χ4n) is 1.94. The first-order chi connectivity index (χ1) is 6.60. The first-order valence-electron chi connectivity index (χ1n) is 5.10. The molecule has 2 heteroatoms. The maximum atomic E-state index is 5.88. The topological polar surface area (TPSA) is 21.3 Å². The van der Waals surface area contributed by atoms with Crippen molar-refractivity contribution < 1.29 is 4.74 Å². The van der Waals surface area contributed by atoms with Crippen molar-refractivity contribution in [2.75, 3.05) is 6.54 Å². The van der Waals surface area contributed by atoms with Gasteiger partial charge in [-0.3, -0.25) is 5.32 Å². The monoisotopic (exact) mass is 191 g/mol. The van der Waals surface area contributed by atoms with E-state index in [4.69, 9.17) is 4.74 Å². The molecule has 0 saturated carbocycles. The molecule has 76 valence electrons. The third kappa shape index (κ3) is 1.68. The summed E-state index contributed by atoms with van der Waals surface area (Å²) >= 11 is 0. The zero-order valence-corrected chi connectivity index (χ0v) is 9.00. The van der Waals surface area contributed by atoms with Crippen LogP contribution in [0.3, 0.4) is 0 Å². The minimum absolute atomic E-state index is 0.292. The molecule has 0 radical (unpaired) electrons. The summed E-state index contributed by atoms with van der Waals surface area (Å²) in [5.41, 5.74) is 2.18. The van der Waals surface area contributed by atoms with Crippen LogP contribution in [-0.4, -0.2) is 12.6 Å². The molecule has 14 heavy (non-hydrogen) atoms. The number of ether oxygens (including phenoxy) is 1. The molecule has 2 nitrogen and oxygen atoms in total. The van der Waals surface area contributed by atoms with Gasteiger partial charge in [0.05, 0.1) is 6.10 Å². The highest BCUT2D eigenvalue weighted by atomic mass is 16.5. The van der Waals surface area contributed by atoms with Crippen molar-refractivity contribution in [3.63, 3.8) is 0 Å². The number of nitrogens with one attached hydrogen (secondary N) is 1. The molecule has 1 aromatic carbocycles. The van der Waals surface area contributed by atoms with Gasteiger partial charge in [0.25, 0.3) is 0 Å². The number of benzene rings is 1. The lowest BCUT2D eigenvalue weighted by molar-refractivity contribution is -0.0343. The quantitative estimate of drug-likeness (QED) is 0.734. The Labute approximate surface area is 85.3 Å². The van der Waals surface area contributed by atoms with E-state index in [0.29, 0.717) is 6.10 Å². The molecule has 1 saturated heterocycles. The van der Waals surface area contributed by atoms with Crippen LogP contribution in [0, 0.1) is 6.92 Å². The van der Waals surface area contributed by atoms with E-state index in [1.165, 1.54) is 11.1 Å². The summed E-state index contributed by atoms with van der Waals surface area (Å²) in [6, 6.07) is 8.46. The van der Waals surface area contributed by atoms with Crippen molar-refractivity contribution in [3.05, 3.63) is 35.4 Å². The lowest BCUT2D eigenvalue weighted by Gasteiger charge is -2.25. The number of hydrogen-bond donors (Lipinski definition) is 1. The van der Waals surface area contributed by atoms with Gasteiger partial charge in [0, 0.05) is 6.54 Å². The Hall–Kier alpha value is -0.860. The Bertz CT molecular complexity index is 337.